The summed E-state index contributed by atoms with van der Waals surface area (Å²) in [4.78, 5) is 12.5. The topological polar surface area (TPSA) is 26.3 Å². The average Bonchev–Trinajstić information content (AvgIpc) is 2.70. The smallest absolute Gasteiger partial charge is 0.338 e. The molecule has 3 aromatic rings. The molecule has 0 unspecified atom stereocenters. The fourth-order valence-corrected chi connectivity index (χ4v) is 6.01. The van der Waals surface area contributed by atoms with Crippen molar-refractivity contribution in [1.29, 1.82) is 0 Å². The SMILES string of the molecule is COC(=O)c1ccc(BBI)cc1P(c1ccccc1)c1ccccc1. The van der Waals surface area contributed by atoms with E-state index in [4.69, 9.17) is 4.74 Å². The highest BCUT2D eigenvalue weighted by atomic mass is 127. The van der Waals surface area contributed by atoms with Crippen LogP contribution in [0.5, 0.6) is 0 Å². The van der Waals surface area contributed by atoms with E-state index in [-0.39, 0.29) is 5.97 Å². The summed E-state index contributed by atoms with van der Waals surface area (Å²) in [6.45, 7) is 0. The molecule has 0 saturated heterocycles. The molecule has 0 N–H and O–H groups in total. The summed E-state index contributed by atoms with van der Waals surface area (Å²) < 4.78 is 5.07. The third kappa shape index (κ3) is 4.39. The zero-order chi connectivity index (χ0) is 18.4. The van der Waals surface area contributed by atoms with Crippen LogP contribution < -0.4 is 21.4 Å². The van der Waals surface area contributed by atoms with E-state index in [2.05, 4.69) is 77.0 Å². The van der Waals surface area contributed by atoms with E-state index in [1.807, 2.05) is 24.3 Å². The molecule has 26 heavy (non-hydrogen) atoms. The fraction of sp³-hybridized carbons (Fsp3) is 0.0500. The highest BCUT2D eigenvalue weighted by molar-refractivity contribution is 14.1. The molecule has 0 amide bonds. The van der Waals surface area contributed by atoms with Crippen LogP contribution in [-0.2, 0) is 4.74 Å². The van der Waals surface area contributed by atoms with Crippen LogP contribution in [0, 0.1) is 0 Å². The van der Waals surface area contributed by atoms with Crippen molar-refractivity contribution in [3.63, 3.8) is 0 Å². The number of methoxy groups -OCH3 is 1. The van der Waals surface area contributed by atoms with Gasteiger partial charge in [-0.25, -0.2) is 4.79 Å². The summed E-state index contributed by atoms with van der Waals surface area (Å²) in [6.07, 6.45) is 0. The van der Waals surface area contributed by atoms with Gasteiger partial charge in [-0.05, 0) is 29.9 Å². The number of hydrogen-bond acceptors (Lipinski definition) is 2. The van der Waals surface area contributed by atoms with Crippen LogP contribution >= 0.6 is 30.3 Å². The van der Waals surface area contributed by atoms with Crippen molar-refractivity contribution in [2.45, 2.75) is 0 Å². The zero-order valence-corrected chi connectivity index (χ0v) is 17.6. The van der Waals surface area contributed by atoms with Crippen molar-refractivity contribution < 1.29 is 9.53 Å². The molecule has 3 aromatic carbocycles. The summed E-state index contributed by atoms with van der Waals surface area (Å²) in [5.41, 5.74) is 1.91. The number of rotatable bonds is 6. The van der Waals surface area contributed by atoms with Gasteiger partial charge in [-0.2, -0.15) is 22.4 Å². The second-order valence-electron chi connectivity index (χ2n) is 5.79. The van der Waals surface area contributed by atoms with Gasteiger partial charge in [0.15, 0.2) is 5.03 Å². The number of carbonyl (C=O) groups is 1. The Morgan fingerprint density at radius 3 is 2.00 bits per heavy atom. The molecule has 0 heterocycles. The largest absolute Gasteiger partial charge is 0.465 e. The molecule has 0 bridgehead atoms. The van der Waals surface area contributed by atoms with Gasteiger partial charge in [-0.1, -0.05) is 78.3 Å². The number of benzene rings is 3. The molecule has 2 nitrogen and oxygen atoms in total. The van der Waals surface area contributed by atoms with Gasteiger partial charge in [0.05, 0.1) is 12.7 Å². The van der Waals surface area contributed by atoms with Gasteiger partial charge in [0, 0.05) is 0 Å². The summed E-state index contributed by atoms with van der Waals surface area (Å²) in [5, 5.41) is 4.56. The monoisotopic (exact) mass is 470 g/mol. The molecule has 0 fully saturated rings. The van der Waals surface area contributed by atoms with Crippen molar-refractivity contribution in [2.75, 3.05) is 7.11 Å². The minimum absolute atomic E-state index is 0.277. The van der Waals surface area contributed by atoms with Crippen molar-refractivity contribution in [2.24, 2.45) is 0 Å². The minimum Gasteiger partial charge on any atom is -0.465 e. The highest BCUT2D eigenvalue weighted by Gasteiger charge is 2.23. The van der Waals surface area contributed by atoms with Crippen molar-refractivity contribution in [1.82, 2.24) is 0 Å². The number of esters is 1. The first-order valence-corrected chi connectivity index (χ1v) is 11.3. The molecule has 3 rings (SSSR count). The number of ether oxygens (including phenoxy) is 1. The Morgan fingerprint density at radius 2 is 1.50 bits per heavy atom. The molecule has 128 valence electrons. The van der Waals surface area contributed by atoms with Crippen LogP contribution in [0.15, 0.2) is 78.9 Å². The number of carbonyl (C=O) groups excluding carboxylic acids is 1. The van der Waals surface area contributed by atoms with Gasteiger partial charge < -0.3 is 4.74 Å². The molecular weight excluding hydrogens is 452 g/mol. The predicted molar refractivity (Wildman–Crippen MR) is 124 cm³/mol. The van der Waals surface area contributed by atoms with Crippen molar-refractivity contribution in [3.05, 3.63) is 84.4 Å². The summed E-state index contributed by atoms with van der Waals surface area (Å²) >= 11 is 2.39. The van der Waals surface area contributed by atoms with Gasteiger partial charge in [-0.15, -0.1) is 0 Å². The Bertz CT molecular complexity index is 836. The van der Waals surface area contributed by atoms with Gasteiger partial charge in [0.2, 0.25) is 0 Å². The molecule has 6 heteroatoms. The van der Waals surface area contributed by atoms with E-state index >= 15 is 0 Å². The molecule has 0 spiro atoms. The van der Waals surface area contributed by atoms with Crippen LogP contribution in [0.25, 0.3) is 0 Å². The second kappa shape index (κ2) is 9.38. The van der Waals surface area contributed by atoms with Gasteiger partial charge >= 0.3 is 5.97 Å². The molecular formula is C20H18B2IO2P. The normalized spacial score (nSPS) is 10.4. The number of halogens is 1. The molecule has 0 aliphatic carbocycles. The lowest BCUT2D eigenvalue weighted by Gasteiger charge is -2.22. The van der Waals surface area contributed by atoms with Crippen molar-refractivity contribution in [3.8, 4) is 0 Å². The Labute approximate surface area is 170 Å². The Balaban J connectivity index is 2.22. The molecule has 0 radical (unpaired) electrons. The molecule has 0 atom stereocenters. The molecule has 0 aliphatic rings. The number of hydrogen-bond donors (Lipinski definition) is 0. The van der Waals surface area contributed by atoms with E-state index < -0.39 is 7.92 Å². The third-order valence-electron chi connectivity index (χ3n) is 4.12. The summed E-state index contributed by atoms with van der Waals surface area (Å²) in [6, 6.07) is 27.0. The first-order chi connectivity index (χ1) is 12.7. The van der Waals surface area contributed by atoms with E-state index in [1.54, 1.807) is 0 Å². The summed E-state index contributed by atoms with van der Waals surface area (Å²) in [7, 11) is 1.60. The molecule has 0 aliphatic heterocycles. The van der Waals surface area contributed by atoms with Crippen LogP contribution in [0.4, 0.5) is 0 Å². The Kier molecular flexibility index (Phi) is 6.93. The van der Waals surface area contributed by atoms with Gasteiger partial charge in [0.1, 0.15) is 7.17 Å². The Hall–Kier alpha value is -1.58. The van der Waals surface area contributed by atoms with Crippen LogP contribution in [-0.4, -0.2) is 25.3 Å². The van der Waals surface area contributed by atoms with E-state index in [0.29, 0.717) is 5.56 Å². The highest BCUT2D eigenvalue weighted by Crippen LogP contribution is 2.33. The lowest BCUT2D eigenvalue weighted by molar-refractivity contribution is 0.0602. The van der Waals surface area contributed by atoms with Gasteiger partial charge in [0.25, 0.3) is 0 Å². The maximum Gasteiger partial charge on any atom is 0.338 e. The quantitative estimate of drug-likeness (QED) is 0.239. The van der Waals surface area contributed by atoms with E-state index in [1.165, 1.54) is 23.2 Å². The van der Waals surface area contributed by atoms with Crippen LogP contribution in [0.2, 0.25) is 0 Å². The first-order valence-electron chi connectivity index (χ1n) is 8.42. The standard InChI is InChI=1S/C20H18B2IO2P/c1-25-20(24)18-13-12-15(21-22-23)14-19(18)26(16-8-4-2-5-9-16)17-10-6-3-7-11-17/h2-14,21-22H,1H3. The maximum atomic E-state index is 12.5. The van der Waals surface area contributed by atoms with E-state index in [0.717, 1.165) is 17.5 Å². The second-order valence-corrected chi connectivity index (χ2v) is 9.05. The lowest BCUT2D eigenvalue weighted by atomic mass is 9.51. The fourth-order valence-electron chi connectivity index (χ4n) is 2.89. The molecule has 0 saturated carbocycles. The van der Waals surface area contributed by atoms with E-state index in [9.17, 15) is 4.79 Å². The predicted octanol–water partition coefficient (Wildman–Crippen LogP) is 1.99. The zero-order valence-electron chi connectivity index (χ0n) is 14.6. The van der Waals surface area contributed by atoms with Crippen LogP contribution in [0.3, 0.4) is 0 Å². The maximum absolute atomic E-state index is 12.5. The minimum atomic E-state index is -0.835. The first kappa shape index (κ1) is 19.2. The average molecular weight is 470 g/mol. The Morgan fingerprint density at radius 1 is 0.923 bits per heavy atom. The van der Waals surface area contributed by atoms with Crippen LogP contribution in [0.1, 0.15) is 10.4 Å². The van der Waals surface area contributed by atoms with Gasteiger partial charge in [-0.3, -0.25) is 0 Å². The summed E-state index contributed by atoms with van der Waals surface area (Å²) in [5.74, 6) is -0.277. The lowest BCUT2D eigenvalue weighted by Crippen LogP contribution is -2.30. The third-order valence-corrected chi connectivity index (χ3v) is 7.14. The van der Waals surface area contributed by atoms with Crippen molar-refractivity contribution >= 4 is 69.8 Å². The molecule has 0 aromatic heterocycles.